The number of carbonyl (C=O) groups excluding carboxylic acids is 3. The van der Waals surface area contributed by atoms with Crippen LogP contribution in [0.2, 0.25) is 0 Å². The monoisotopic (exact) mass is 294 g/mol. The molecule has 0 aliphatic carbocycles. The standard InChI is InChI=1S/C18H30O3/c1-15(2)6-4-7-16(3)18(14-21)10-9-17(11-13-20)8-5-12-19/h6,12-14,16-18H,4-5,7-11H2,1-3H3. The molecule has 0 amide bonds. The first-order chi connectivity index (χ1) is 10.0. The Bertz CT molecular complexity index is 329. The summed E-state index contributed by atoms with van der Waals surface area (Å²) in [5, 5.41) is 0. The molecular formula is C18H30O3. The highest BCUT2D eigenvalue weighted by atomic mass is 16.1. The van der Waals surface area contributed by atoms with Gasteiger partial charge in [0.15, 0.2) is 0 Å². The van der Waals surface area contributed by atoms with E-state index < -0.39 is 0 Å². The first kappa shape index (κ1) is 19.8. The summed E-state index contributed by atoms with van der Waals surface area (Å²) in [6.45, 7) is 6.29. The molecule has 3 atom stereocenters. The Labute approximate surface area is 129 Å². The molecule has 0 saturated heterocycles. The number of aldehydes is 3. The van der Waals surface area contributed by atoms with Crippen LogP contribution in [0.25, 0.3) is 0 Å². The van der Waals surface area contributed by atoms with Gasteiger partial charge in [-0.3, -0.25) is 0 Å². The first-order valence-electron chi connectivity index (χ1n) is 8.01. The summed E-state index contributed by atoms with van der Waals surface area (Å²) in [7, 11) is 0. The highest BCUT2D eigenvalue weighted by Gasteiger charge is 2.18. The van der Waals surface area contributed by atoms with Gasteiger partial charge in [0.1, 0.15) is 18.9 Å². The molecule has 0 radical (unpaired) electrons. The third kappa shape index (κ3) is 10.2. The second kappa shape index (κ2) is 12.5. The number of hydrogen-bond acceptors (Lipinski definition) is 3. The summed E-state index contributed by atoms with van der Waals surface area (Å²) in [5.74, 6) is 0.655. The van der Waals surface area contributed by atoms with Crippen LogP contribution in [0, 0.1) is 17.8 Å². The van der Waals surface area contributed by atoms with Gasteiger partial charge in [-0.15, -0.1) is 0 Å². The fourth-order valence-electron chi connectivity index (χ4n) is 2.58. The SMILES string of the molecule is CC(C)=CCCC(C)C(C=O)CCC(CC=O)CCC=O. The van der Waals surface area contributed by atoms with Crippen molar-refractivity contribution in [2.24, 2.45) is 17.8 Å². The van der Waals surface area contributed by atoms with Crippen LogP contribution in [0.3, 0.4) is 0 Å². The second-order valence-electron chi connectivity index (χ2n) is 6.23. The van der Waals surface area contributed by atoms with Crippen molar-refractivity contribution in [2.75, 3.05) is 0 Å². The molecule has 3 nitrogen and oxygen atoms in total. The Kier molecular flexibility index (Phi) is 11.7. The number of rotatable bonds is 13. The molecule has 0 spiro atoms. The van der Waals surface area contributed by atoms with E-state index in [0.717, 1.165) is 51.0 Å². The van der Waals surface area contributed by atoms with Gasteiger partial charge in [0.2, 0.25) is 0 Å². The lowest BCUT2D eigenvalue weighted by atomic mass is 9.83. The Hall–Kier alpha value is -1.25. The average Bonchev–Trinajstić information content (AvgIpc) is 2.44. The maximum atomic E-state index is 11.3. The van der Waals surface area contributed by atoms with Gasteiger partial charge in [0, 0.05) is 18.8 Å². The molecule has 0 aromatic heterocycles. The van der Waals surface area contributed by atoms with Crippen LogP contribution >= 0.6 is 0 Å². The Morgan fingerprint density at radius 2 is 1.62 bits per heavy atom. The maximum Gasteiger partial charge on any atom is 0.123 e. The van der Waals surface area contributed by atoms with Crippen LogP contribution in [-0.2, 0) is 14.4 Å². The summed E-state index contributed by atoms with van der Waals surface area (Å²) in [6, 6.07) is 0. The molecule has 0 aliphatic rings. The third-order valence-corrected chi connectivity index (χ3v) is 4.11. The fourth-order valence-corrected chi connectivity index (χ4v) is 2.58. The number of allylic oxidation sites excluding steroid dienone is 2. The smallest absolute Gasteiger partial charge is 0.123 e. The topological polar surface area (TPSA) is 51.2 Å². The third-order valence-electron chi connectivity index (χ3n) is 4.11. The van der Waals surface area contributed by atoms with Crippen LogP contribution in [-0.4, -0.2) is 18.9 Å². The van der Waals surface area contributed by atoms with Crippen molar-refractivity contribution in [1.29, 1.82) is 0 Å². The van der Waals surface area contributed by atoms with Gasteiger partial charge in [-0.05, 0) is 57.8 Å². The van der Waals surface area contributed by atoms with Gasteiger partial charge in [-0.25, -0.2) is 0 Å². The zero-order valence-corrected chi connectivity index (χ0v) is 13.7. The minimum absolute atomic E-state index is 0.0564. The lowest BCUT2D eigenvalue weighted by Crippen LogP contribution is -2.15. The molecule has 0 aromatic carbocycles. The van der Waals surface area contributed by atoms with Crippen LogP contribution in [0.4, 0.5) is 0 Å². The molecule has 0 aromatic rings. The van der Waals surface area contributed by atoms with E-state index in [9.17, 15) is 14.4 Å². The summed E-state index contributed by atoms with van der Waals surface area (Å²) in [5.41, 5.74) is 1.31. The van der Waals surface area contributed by atoms with E-state index in [1.54, 1.807) is 0 Å². The van der Waals surface area contributed by atoms with E-state index in [1.165, 1.54) is 5.57 Å². The predicted octanol–water partition coefficient (Wildman–Crippen LogP) is 4.15. The molecule has 0 rings (SSSR count). The summed E-state index contributed by atoms with van der Waals surface area (Å²) in [4.78, 5) is 32.4. The van der Waals surface area contributed by atoms with Crippen molar-refractivity contribution in [1.82, 2.24) is 0 Å². The van der Waals surface area contributed by atoms with E-state index in [0.29, 0.717) is 18.8 Å². The van der Waals surface area contributed by atoms with Gasteiger partial charge in [0.25, 0.3) is 0 Å². The van der Waals surface area contributed by atoms with Crippen LogP contribution in [0.15, 0.2) is 11.6 Å². The molecule has 0 bridgehead atoms. The molecule has 0 saturated carbocycles. The van der Waals surface area contributed by atoms with E-state index in [1.807, 2.05) is 0 Å². The van der Waals surface area contributed by atoms with Gasteiger partial charge in [-0.1, -0.05) is 18.6 Å². The first-order valence-corrected chi connectivity index (χ1v) is 8.01. The molecule has 120 valence electrons. The highest BCUT2D eigenvalue weighted by molar-refractivity contribution is 5.54. The predicted molar refractivity (Wildman–Crippen MR) is 86.1 cm³/mol. The zero-order chi connectivity index (χ0) is 16.1. The van der Waals surface area contributed by atoms with Crippen molar-refractivity contribution in [3.05, 3.63) is 11.6 Å². The van der Waals surface area contributed by atoms with Crippen LogP contribution in [0.5, 0.6) is 0 Å². The molecule has 0 N–H and O–H groups in total. The van der Waals surface area contributed by atoms with E-state index in [4.69, 9.17) is 0 Å². The number of carbonyl (C=O) groups is 3. The van der Waals surface area contributed by atoms with Crippen molar-refractivity contribution in [3.63, 3.8) is 0 Å². The maximum absolute atomic E-state index is 11.3. The van der Waals surface area contributed by atoms with Crippen molar-refractivity contribution < 1.29 is 14.4 Å². The van der Waals surface area contributed by atoms with Gasteiger partial charge in [-0.2, -0.15) is 0 Å². The lowest BCUT2D eigenvalue weighted by Gasteiger charge is -2.21. The highest BCUT2D eigenvalue weighted by Crippen LogP contribution is 2.25. The Morgan fingerprint density at radius 1 is 0.905 bits per heavy atom. The molecule has 0 fully saturated rings. The minimum Gasteiger partial charge on any atom is -0.303 e. The lowest BCUT2D eigenvalue weighted by molar-refractivity contribution is -0.113. The molecule has 21 heavy (non-hydrogen) atoms. The Balaban J connectivity index is 4.25. The largest absolute Gasteiger partial charge is 0.303 e. The summed E-state index contributed by atoms with van der Waals surface area (Å²) in [6.07, 6.45) is 10.5. The van der Waals surface area contributed by atoms with Crippen molar-refractivity contribution in [2.45, 2.75) is 65.7 Å². The van der Waals surface area contributed by atoms with Gasteiger partial charge in [0.05, 0.1) is 0 Å². The second-order valence-corrected chi connectivity index (χ2v) is 6.23. The van der Waals surface area contributed by atoms with Crippen LogP contribution < -0.4 is 0 Å². The molecule has 3 heteroatoms. The average molecular weight is 294 g/mol. The summed E-state index contributed by atoms with van der Waals surface area (Å²) >= 11 is 0. The molecule has 0 aliphatic heterocycles. The van der Waals surface area contributed by atoms with Gasteiger partial charge < -0.3 is 14.4 Å². The van der Waals surface area contributed by atoms with E-state index >= 15 is 0 Å². The molecule has 3 unspecified atom stereocenters. The van der Waals surface area contributed by atoms with Gasteiger partial charge >= 0.3 is 0 Å². The van der Waals surface area contributed by atoms with E-state index in [2.05, 4.69) is 26.8 Å². The fraction of sp³-hybridized carbons (Fsp3) is 0.722. The number of hydrogen-bond donors (Lipinski definition) is 0. The van der Waals surface area contributed by atoms with E-state index in [-0.39, 0.29) is 11.8 Å². The zero-order valence-electron chi connectivity index (χ0n) is 13.7. The van der Waals surface area contributed by atoms with Crippen molar-refractivity contribution >= 4 is 18.9 Å². The van der Waals surface area contributed by atoms with Crippen molar-refractivity contribution in [3.8, 4) is 0 Å². The summed E-state index contributed by atoms with van der Waals surface area (Å²) < 4.78 is 0. The van der Waals surface area contributed by atoms with Crippen LogP contribution in [0.1, 0.15) is 65.7 Å². The Morgan fingerprint density at radius 3 is 2.14 bits per heavy atom. The normalized spacial score (nSPS) is 14.8. The molecule has 0 heterocycles. The molecular weight excluding hydrogens is 264 g/mol. The minimum atomic E-state index is 0.0564. The quantitative estimate of drug-likeness (QED) is 0.379.